The van der Waals surface area contributed by atoms with Crippen LogP contribution in [0.5, 0.6) is 0 Å². The number of carbonyl (C=O) groups excluding carboxylic acids is 6. The van der Waals surface area contributed by atoms with Crippen LogP contribution >= 0.6 is 0 Å². The summed E-state index contributed by atoms with van der Waals surface area (Å²) in [5.74, 6) is -2.16. The SMILES string of the molecule is C[C@H](NC(=O)c1ccc2c(-c3ccc(C(F)(F)F)cc3)cccc2c1)c1cccc(NC2CCN(C(=O)C3CN(c4cccc5c4C(=O)N(C4CCC(=O)NC4=O)C5=O)C3)CC2)n1. The molecule has 322 valence electrons. The third-order valence-corrected chi connectivity index (χ3v) is 12.4. The molecule has 5 aromatic rings. The highest BCUT2D eigenvalue weighted by Gasteiger charge is 2.47. The van der Waals surface area contributed by atoms with Crippen molar-refractivity contribution in [3.63, 3.8) is 0 Å². The Morgan fingerprint density at radius 1 is 0.825 bits per heavy atom. The molecule has 1 aromatic heterocycles. The lowest BCUT2D eigenvalue weighted by molar-refractivity contribution is -0.138. The van der Waals surface area contributed by atoms with Crippen molar-refractivity contribution >= 4 is 57.7 Å². The van der Waals surface area contributed by atoms with Gasteiger partial charge in [0.1, 0.15) is 11.9 Å². The molecule has 3 fully saturated rings. The number of pyridine rings is 1. The average Bonchev–Trinajstić information content (AvgIpc) is 3.51. The first-order chi connectivity index (χ1) is 30.2. The van der Waals surface area contributed by atoms with Gasteiger partial charge < -0.3 is 20.4 Å². The molecule has 63 heavy (non-hydrogen) atoms. The molecular formula is C47H42F3N7O6. The molecule has 5 heterocycles. The van der Waals surface area contributed by atoms with Crippen molar-refractivity contribution in [1.82, 2.24) is 25.4 Å². The lowest BCUT2D eigenvalue weighted by Gasteiger charge is -2.44. The zero-order valence-electron chi connectivity index (χ0n) is 34.1. The molecule has 0 saturated carbocycles. The fourth-order valence-electron chi connectivity index (χ4n) is 8.95. The first kappa shape index (κ1) is 41.3. The highest BCUT2D eigenvalue weighted by Crippen LogP contribution is 2.38. The summed E-state index contributed by atoms with van der Waals surface area (Å²) in [6, 6.07) is 24.9. The number of rotatable bonds is 9. The standard InChI is InChI=1S/C47H42F3N7O6/c1-26(51-42(59)29-13-16-34-28(23-29)5-2-6-33(34)27-11-14-31(15-12-27)47(48,49)50)36-8-4-10-39(53-36)52-32-19-21-55(22-20-32)44(61)30-24-56(25-30)37-9-3-7-35-41(37)46(63)57(45(35)62)38-17-18-40(58)54-43(38)60/h2-16,23,26,30,32,38H,17-22,24-25H2,1H3,(H,51,59)(H,52,53)(H,54,58,60)/t26-,38?/m0/s1. The van der Waals surface area contributed by atoms with Crippen LogP contribution in [0.15, 0.2) is 97.1 Å². The summed E-state index contributed by atoms with van der Waals surface area (Å²) < 4.78 is 39.4. The number of imide groups is 2. The molecule has 0 bridgehead atoms. The van der Waals surface area contributed by atoms with Crippen molar-refractivity contribution in [2.45, 2.75) is 56.9 Å². The Morgan fingerprint density at radius 2 is 1.54 bits per heavy atom. The molecule has 13 nitrogen and oxygen atoms in total. The third kappa shape index (κ3) is 7.96. The first-order valence-electron chi connectivity index (χ1n) is 20.9. The minimum atomic E-state index is -4.42. The maximum Gasteiger partial charge on any atom is 0.416 e. The highest BCUT2D eigenvalue weighted by molar-refractivity contribution is 6.25. The van der Waals surface area contributed by atoms with E-state index in [1.54, 1.807) is 42.5 Å². The fraction of sp³-hybridized carbons (Fsp3) is 0.298. The molecule has 9 rings (SSSR count). The predicted molar refractivity (Wildman–Crippen MR) is 227 cm³/mol. The number of likely N-dealkylation sites (tertiary alicyclic amines) is 1. The van der Waals surface area contributed by atoms with Crippen LogP contribution in [0.4, 0.5) is 24.7 Å². The number of anilines is 2. The average molecular weight is 858 g/mol. The highest BCUT2D eigenvalue weighted by atomic mass is 19.4. The van der Waals surface area contributed by atoms with E-state index < -0.39 is 47.5 Å². The lowest BCUT2D eigenvalue weighted by Crippen LogP contribution is -2.56. The van der Waals surface area contributed by atoms with E-state index in [0.29, 0.717) is 67.3 Å². The Kier molecular flexibility index (Phi) is 10.7. The van der Waals surface area contributed by atoms with Gasteiger partial charge in [-0.25, -0.2) is 4.98 Å². The number of halogens is 3. The van der Waals surface area contributed by atoms with Gasteiger partial charge in [-0.2, -0.15) is 13.2 Å². The topological polar surface area (TPSA) is 161 Å². The number of amides is 6. The Bertz CT molecular complexity index is 2690. The molecule has 4 aliphatic rings. The van der Waals surface area contributed by atoms with Gasteiger partial charge in [0.05, 0.1) is 40.0 Å². The Labute approximate surface area is 359 Å². The van der Waals surface area contributed by atoms with Crippen molar-refractivity contribution in [1.29, 1.82) is 0 Å². The number of fused-ring (bicyclic) bond motifs is 2. The molecule has 16 heteroatoms. The van der Waals surface area contributed by atoms with Gasteiger partial charge in [0.15, 0.2) is 0 Å². The van der Waals surface area contributed by atoms with Crippen molar-refractivity contribution < 1.29 is 41.9 Å². The quantitative estimate of drug-likeness (QED) is 0.144. The van der Waals surface area contributed by atoms with Crippen LogP contribution in [0.1, 0.15) is 81.0 Å². The minimum absolute atomic E-state index is 0.0283. The van der Waals surface area contributed by atoms with Gasteiger partial charge in [0.2, 0.25) is 17.7 Å². The number of carbonyl (C=O) groups is 6. The third-order valence-electron chi connectivity index (χ3n) is 12.4. The summed E-state index contributed by atoms with van der Waals surface area (Å²) in [6.07, 6.45) is -2.93. The Morgan fingerprint density at radius 3 is 2.27 bits per heavy atom. The number of hydrogen-bond acceptors (Lipinski definition) is 9. The Hall–Kier alpha value is -7.10. The maximum absolute atomic E-state index is 13.6. The van der Waals surface area contributed by atoms with Crippen LogP contribution in [0.2, 0.25) is 0 Å². The summed E-state index contributed by atoms with van der Waals surface area (Å²) in [7, 11) is 0. The summed E-state index contributed by atoms with van der Waals surface area (Å²) in [5, 5.41) is 10.3. The van der Waals surface area contributed by atoms with E-state index in [-0.39, 0.29) is 47.7 Å². The molecule has 6 amide bonds. The Balaban J connectivity index is 0.767. The molecule has 0 aliphatic carbocycles. The molecule has 2 atom stereocenters. The van der Waals surface area contributed by atoms with Gasteiger partial charge in [-0.3, -0.25) is 39.0 Å². The number of piperidine rings is 2. The van der Waals surface area contributed by atoms with E-state index in [0.717, 1.165) is 33.4 Å². The van der Waals surface area contributed by atoms with Gasteiger partial charge in [-0.1, -0.05) is 48.5 Å². The summed E-state index contributed by atoms with van der Waals surface area (Å²) >= 11 is 0. The lowest BCUT2D eigenvalue weighted by atomic mass is 9.94. The van der Waals surface area contributed by atoms with Crippen LogP contribution in [0.25, 0.3) is 21.9 Å². The van der Waals surface area contributed by atoms with Crippen molar-refractivity contribution in [2.24, 2.45) is 5.92 Å². The van der Waals surface area contributed by atoms with Crippen LogP contribution < -0.4 is 20.9 Å². The molecule has 0 spiro atoms. The van der Waals surface area contributed by atoms with E-state index in [1.807, 2.05) is 47.1 Å². The fourth-order valence-corrected chi connectivity index (χ4v) is 8.95. The molecule has 4 aromatic carbocycles. The smallest absolute Gasteiger partial charge is 0.369 e. The van der Waals surface area contributed by atoms with Gasteiger partial charge >= 0.3 is 6.18 Å². The van der Waals surface area contributed by atoms with Crippen LogP contribution in [-0.2, 0) is 20.6 Å². The second-order valence-electron chi connectivity index (χ2n) is 16.5. The summed E-state index contributed by atoms with van der Waals surface area (Å²) in [5.41, 5.74) is 2.71. The largest absolute Gasteiger partial charge is 0.416 e. The number of nitrogens with zero attached hydrogens (tertiary/aromatic N) is 4. The second kappa shape index (κ2) is 16.3. The van der Waals surface area contributed by atoms with E-state index in [9.17, 15) is 41.9 Å². The number of aromatic nitrogens is 1. The van der Waals surface area contributed by atoms with Crippen molar-refractivity contribution in [3.05, 3.63) is 125 Å². The number of alkyl halides is 3. The number of benzene rings is 4. The number of hydrogen-bond donors (Lipinski definition) is 3. The minimum Gasteiger partial charge on any atom is -0.369 e. The van der Waals surface area contributed by atoms with Gasteiger partial charge in [-0.15, -0.1) is 0 Å². The molecule has 4 aliphatic heterocycles. The maximum atomic E-state index is 13.6. The molecule has 1 unspecified atom stereocenters. The zero-order chi connectivity index (χ0) is 44.2. The van der Waals surface area contributed by atoms with E-state index in [1.165, 1.54) is 12.1 Å². The van der Waals surface area contributed by atoms with E-state index in [2.05, 4.69) is 16.0 Å². The van der Waals surface area contributed by atoms with Gasteiger partial charge in [-0.05, 0) is 96.6 Å². The van der Waals surface area contributed by atoms with Crippen molar-refractivity contribution in [2.75, 3.05) is 36.4 Å². The molecular weight excluding hydrogens is 816 g/mol. The zero-order valence-corrected chi connectivity index (χ0v) is 34.1. The van der Waals surface area contributed by atoms with Crippen LogP contribution in [0.3, 0.4) is 0 Å². The molecule has 3 N–H and O–H groups in total. The van der Waals surface area contributed by atoms with Gasteiger partial charge in [0, 0.05) is 44.2 Å². The summed E-state index contributed by atoms with van der Waals surface area (Å²) in [4.78, 5) is 87.5. The monoisotopic (exact) mass is 857 g/mol. The van der Waals surface area contributed by atoms with Crippen LogP contribution in [0, 0.1) is 5.92 Å². The van der Waals surface area contributed by atoms with Crippen LogP contribution in [-0.4, -0.2) is 88.5 Å². The van der Waals surface area contributed by atoms with Crippen molar-refractivity contribution in [3.8, 4) is 11.1 Å². The number of nitrogens with one attached hydrogen (secondary N) is 3. The first-order valence-corrected chi connectivity index (χ1v) is 20.9. The van der Waals surface area contributed by atoms with Gasteiger partial charge in [0.25, 0.3) is 17.7 Å². The molecule has 0 radical (unpaired) electrons. The summed E-state index contributed by atoms with van der Waals surface area (Å²) in [6.45, 7) is 3.70. The van der Waals surface area contributed by atoms with E-state index in [4.69, 9.17) is 4.98 Å². The second-order valence-corrected chi connectivity index (χ2v) is 16.5. The normalized spacial score (nSPS) is 18.9. The molecule has 3 saturated heterocycles. The predicted octanol–water partition coefficient (Wildman–Crippen LogP) is 6.35. The van der Waals surface area contributed by atoms with E-state index >= 15 is 0 Å².